The second kappa shape index (κ2) is 8.91. The van der Waals surface area contributed by atoms with Crippen LogP contribution in [0.2, 0.25) is 0 Å². The summed E-state index contributed by atoms with van der Waals surface area (Å²) < 4.78 is 10.9. The monoisotopic (exact) mass is 413 g/mol. The molecule has 0 aliphatic heterocycles. The van der Waals surface area contributed by atoms with Gasteiger partial charge in [-0.1, -0.05) is 0 Å². The van der Waals surface area contributed by atoms with Crippen molar-refractivity contribution in [2.24, 2.45) is 0 Å². The highest BCUT2D eigenvalue weighted by Crippen LogP contribution is 2.26. The van der Waals surface area contributed by atoms with Gasteiger partial charge in [-0.15, -0.1) is 11.3 Å². The molecule has 1 N–H and O–H groups in total. The zero-order chi connectivity index (χ0) is 21.0. The van der Waals surface area contributed by atoms with Gasteiger partial charge in [-0.2, -0.15) is 0 Å². The lowest BCUT2D eigenvalue weighted by Gasteiger charge is -2.20. The van der Waals surface area contributed by atoms with E-state index in [1.54, 1.807) is 31.3 Å². The highest BCUT2D eigenvalue weighted by molar-refractivity contribution is 7.13. The van der Waals surface area contributed by atoms with Crippen LogP contribution in [-0.4, -0.2) is 30.1 Å². The predicted molar refractivity (Wildman–Crippen MR) is 112 cm³/mol. The normalized spacial score (nSPS) is 10.8. The van der Waals surface area contributed by atoms with Gasteiger partial charge in [0.05, 0.1) is 12.1 Å². The molecule has 0 atom stereocenters. The fourth-order valence-corrected chi connectivity index (χ4v) is 3.34. The Bertz CT molecular complexity index is 992. The van der Waals surface area contributed by atoms with Crippen molar-refractivity contribution in [3.05, 3.63) is 53.2 Å². The number of thiazole rings is 1. The Morgan fingerprint density at radius 3 is 2.55 bits per heavy atom. The zero-order valence-corrected chi connectivity index (χ0v) is 17.6. The van der Waals surface area contributed by atoms with Crippen LogP contribution >= 0.6 is 11.3 Å². The molecule has 3 rings (SSSR count). The Morgan fingerprint density at radius 1 is 1.21 bits per heavy atom. The smallest absolute Gasteiger partial charge is 0.321 e. The summed E-state index contributed by atoms with van der Waals surface area (Å²) in [4.78, 5) is 30.2. The van der Waals surface area contributed by atoms with Gasteiger partial charge in [0.15, 0.2) is 10.8 Å². The van der Waals surface area contributed by atoms with Crippen LogP contribution in [0, 0.1) is 6.92 Å². The molecule has 0 saturated heterocycles. The van der Waals surface area contributed by atoms with Gasteiger partial charge in [0, 0.05) is 24.2 Å². The number of amides is 2. The van der Waals surface area contributed by atoms with E-state index in [4.69, 9.17) is 9.15 Å². The molecule has 0 fully saturated rings. The number of rotatable bonds is 6. The molecule has 1 aromatic carbocycles. The molecule has 0 bridgehead atoms. The Labute approximate surface area is 173 Å². The lowest BCUT2D eigenvalue weighted by atomic mass is 10.3. The molecule has 7 nitrogen and oxygen atoms in total. The maximum atomic E-state index is 12.2. The number of aryl methyl sites for hydroxylation is 1. The van der Waals surface area contributed by atoms with Crippen molar-refractivity contribution >= 4 is 29.0 Å². The van der Waals surface area contributed by atoms with Gasteiger partial charge in [-0.3, -0.25) is 9.69 Å². The van der Waals surface area contributed by atoms with Crippen LogP contribution in [0.1, 0.15) is 25.3 Å². The van der Waals surface area contributed by atoms with Crippen LogP contribution in [0.5, 0.6) is 5.75 Å². The topological polar surface area (TPSA) is 84.7 Å². The first kappa shape index (κ1) is 20.6. The first-order valence-corrected chi connectivity index (χ1v) is 10.1. The van der Waals surface area contributed by atoms with Gasteiger partial charge in [0.2, 0.25) is 0 Å². The summed E-state index contributed by atoms with van der Waals surface area (Å²) in [7, 11) is 1.68. The molecule has 3 aromatic rings. The van der Waals surface area contributed by atoms with Crippen LogP contribution < -0.4 is 15.0 Å². The molecule has 29 heavy (non-hydrogen) atoms. The number of hydrogen-bond donors (Lipinski definition) is 1. The van der Waals surface area contributed by atoms with Crippen molar-refractivity contribution in [3.63, 3.8) is 0 Å². The van der Waals surface area contributed by atoms with Crippen molar-refractivity contribution in [2.75, 3.05) is 11.9 Å². The van der Waals surface area contributed by atoms with E-state index in [0.717, 1.165) is 10.8 Å². The third-order valence-electron chi connectivity index (χ3n) is 4.00. The lowest BCUT2D eigenvalue weighted by molar-refractivity contribution is -0.133. The Morgan fingerprint density at radius 2 is 1.93 bits per heavy atom. The highest BCUT2D eigenvalue weighted by atomic mass is 32.1. The Kier molecular flexibility index (Phi) is 6.33. The number of urea groups is 1. The number of carbonyl (C=O) groups is 2. The van der Waals surface area contributed by atoms with Crippen molar-refractivity contribution < 1.29 is 18.7 Å². The summed E-state index contributed by atoms with van der Waals surface area (Å²) in [6.07, 6.45) is 0.0641. The molecule has 0 unspecified atom stereocenters. The average molecular weight is 413 g/mol. The number of furan rings is 1. The van der Waals surface area contributed by atoms with E-state index < -0.39 is 5.97 Å². The maximum absolute atomic E-state index is 12.2. The molecule has 0 saturated carbocycles. The minimum atomic E-state index is -0.406. The summed E-state index contributed by atoms with van der Waals surface area (Å²) in [5.74, 6) is 1.50. The standard InChI is InChI=1S/C21H23N3O4S/c1-13(2)22-21(26)24(4)16-6-8-17(9-7-16)28-19(25)11-15-12-29-20(23-15)18-10-5-14(3)27-18/h5-10,12-13H,11H2,1-4H3,(H,22,26). The molecule has 2 amide bonds. The molecular formula is C21H23N3O4S. The van der Waals surface area contributed by atoms with E-state index in [0.29, 0.717) is 22.9 Å². The van der Waals surface area contributed by atoms with Crippen molar-refractivity contribution in [2.45, 2.75) is 33.2 Å². The summed E-state index contributed by atoms with van der Waals surface area (Å²) in [6, 6.07) is 10.3. The number of benzene rings is 1. The van der Waals surface area contributed by atoms with Crippen LogP contribution in [0.3, 0.4) is 0 Å². The summed E-state index contributed by atoms with van der Waals surface area (Å²) in [5, 5.41) is 5.37. The number of esters is 1. The number of aromatic nitrogens is 1. The maximum Gasteiger partial charge on any atom is 0.321 e. The molecule has 0 aliphatic rings. The van der Waals surface area contributed by atoms with Gasteiger partial charge in [0.25, 0.3) is 0 Å². The molecule has 152 valence electrons. The molecule has 8 heteroatoms. The van der Waals surface area contributed by atoms with Crippen LogP contribution in [-0.2, 0) is 11.2 Å². The van der Waals surface area contributed by atoms with Gasteiger partial charge >= 0.3 is 12.0 Å². The largest absolute Gasteiger partial charge is 0.459 e. The number of carbonyl (C=O) groups excluding carboxylic acids is 2. The van der Waals surface area contributed by atoms with E-state index in [1.165, 1.54) is 16.2 Å². The Hall–Kier alpha value is -3.13. The summed E-state index contributed by atoms with van der Waals surface area (Å²) in [5.41, 5.74) is 1.33. The van der Waals surface area contributed by atoms with E-state index in [2.05, 4.69) is 10.3 Å². The van der Waals surface area contributed by atoms with Crippen molar-refractivity contribution in [3.8, 4) is 16.5 Å². The lowest BCUT2D eigenvalue weighted by Crippen LogP contribution is -2.40. The third-order valence-corrected chi connectivity index (χ3v) is 4.91. The van der Waals surface area contributed by atoms with Crippen molar-refractivity contribution in [1.29, 1.82) is 0 Å². The molecule has 2 heterocycles. The quantitative estimate of drug-likeness (QED) is 0.478. The van der Waals surface area contributed by atoms with E-state index >= 15 is 0 Å². The summed E-state index contributed by atoms with van der Waals surface area (Å²) >= 11 is 1.42. The highest BCUT2D eigenvalue weighted by Gasteiger charge is 2.14. The van der Waals surface area contributed by atoms with Gasteiger partial charge in [-0.25, -0.2) is 9.78 Å². The number of ether oxygens (including phenoxy) is 1. The molecule has 0 radical (unpaired) electrons. The van der Waals surface area contributed by atoms with Crippen LogP contribution in [0.25, 0.3) is 10.8 Å². The third kappa shape index (κ3) is 5.45. The fourth-order valence-electron chi connectivity index (χ4n) is 2.57. The minimum Gasteiger partial charge on any atom is -0.459 e. The number of anilines is 1. The number of nitrogens with zero attached hydrogens (tertiary/aromatic N) is 2. The van der Waals surface area contributed by atoms with E-state index in [-0.39, 0.29) is 18.5 Å². The van der Waals surface area contributed by atoms with Crippen molar-refractivity contribution in [1.82, 2.24) is 10.3 Å². The molecular weight excluding hydrogens is 390 g/mol. The van der Waals surface area contributed by atoms with Gasteiger partial charge in [0.1, 0.15) is 11.5 Å². The number of hydrogen-bond acceptors (Lipinski definition) is 6. The summed E-state index contributed by atoms with van der Waals surface area (Å²) in [6.45, 7) is 5.67. The number of nitrogens with one attached hydrogen (secondary N) is 1. The molecule has 0 aliphatic carbocycles. The second-order valence-electron chi connectivity index (χ2n) is 6.86. The second-order valence-corrected chi connectivity index (χ2v) is 7.72. The average Bonchev–Trinajstić information content (AvgIpc) is 3.30. The zero-order valence-electron chi connectivity index (χ0n) is 16.8. The molecule has 0 spiro atoms. The first-order chi connectivity index (χ1) is 13.8. The SMILES string of the molecule is Cc1ccc(-c2nc(CC(=O)Oc3ccc(N(C)C(=O)NC(C)C)cc3)cs2)o1. The van der Waals surface area contributed by atoms with Crippen LogP contribution in [0.4, 0.5) is 10.5 Å². The minimum absolute atomic E-state index is 0.0493. The van der Waals surface area contributed by atoms with Gasteiger partial charge in [-0.05, 0) is 57.2 Å². The van der Waals surface area contributed by atoms with E-state index in [9.17, 15) is 9.59 Å². The fraction of sp³-hybridized carbons (Fsp3) is 0.286. The van der Waals surface area contributed by atoms with E-state index in [1.807, 2.05) is 38.3 Å². The molecule has 2 aromatic heterocycles. The van der Waals surface area contributed by atoms with Crippen LogP contribution in [0.15, 0.2) is 46.2 Å². The van der Waals surface area contributed by atoms with Gasteiger partial charge < -0.3 is 14.5 Å². The Balaban J connectivity index is 1.57. The first-order valence-electron chi connectivity index (χ1n) is 9.18. The predicted octanol–water partition coefficient (Wildman–Crippen LogP) is 4.41.